The molecule has 2 heterocycles. The van der Waals surface area contributed by atoms with Crippen LogP contribution in [0.2, 0.25) is 0 Å². The molecule has 0 amide bonds. The fourth-order valence-corrected chi connectivity index (χ4v) is 2.91. The average Bonchev–Trinajstić information content (AvgIpc) is 2.70. The zero-order valence-electron chi connectivity index (χ0n) is 11.2. The maximum atomic E-state index is 11.9. The van der Waals surface area contributed by atoms with Crippen LogP contribution in [0.15, 0.2) is 10.2 Å². The summed E-state index contributed by atoms with van der Waals surface area (Å²) in [5, 5.41) is 3.04. The molecule has 19 heavy (non-hydrogen) atoms. The van der Waals surface area contributed by atoms with Gasteiger partial charge in [-0.15, -0.1) is 11.3 Å². The zero-order chi connectivity index (χ0) is 14.0. The van der Waals surface area contributed by atoms with Crippen LogP contribution in [0.25, 0.3) is 0 Å². The van der Waals surface area contributed by atoms with Crippen LogP contribution in [0.1, 0.15) is 36.1 Å². The van der Waals surface area contributed by atoms with Crippen LogP contribution < -0.4 is 5.56 Å². The molecule has 2 aromatic heterocycles. The molecule has 0 saturated carbocycles. The molecular formula is C13H16IN3OS. The zero-order valence-corrected chi connectivity index (χ0v) is 14.1. The Labute approximate surface area is 129 Å². The van der Waals surface area contributed by atoms with Crippen molar-refractivity contribution in [2.24, 2.45) is 5.92 Å². The molecule has 0 bridgehead atoms. The van der Waals surface area contributed by atoms with Crippen LogP contribution in [0, 0.1) is 16.4 Å². The van der Waals surface area contributed by atoms with E-state index in [-0.39, 0.29) is 5.56 Å². The van der Waals surface area contributed by atoms with Gasteiger partial charge >= 0.3 is 0 Å². The van der Waals surface area contributed by atoms with Gasteiger partial charge in [0, 0.05) is 11.8 Å². The molecule has 0 saturated heterocycles. The lowest BCUT2D eigenvalue weighted by Gasteiger charge is -2.08. The van der Waals surface area contributed by atoms with Gasteiger partial charge in [-0.2, -0.15) is 0 Å². The number of aromatic amines is 1. The number of rotatable bonds is 4. The van der Waals surface area contributed by atoms with E-state index in [9.17, 15) is 4.79 Å². The van der Waals surface area contributed by atoms with E-state index in [2.05, 4.69) is 51.4 Å². The molecule has 0 unspecified atom stereocenters. The van der Waals surface area contributed by atoms with E-state index in [1.54, 1.807) is 11.3 Å². The minimum Gasteiger partial charge on any atom is -0.309 e. The smallest absolute Gasteiger partial charge is 0.264 e. The molecule has 2 aromatic rings. The van der Waals surface area contributed by atoms with Gasteiger partial charge in [-0.3, -0.25) is 4.79 Å². The number of hydrogen-bond acceptors (Lipinski definition) is 4. The van der Waals surface area contributed by atoms with E-state index < -0.39 is 0 Å². The van der Waals surface area contributed by atoms with Crippen molar-refractivity contribution in [2.75, 3.05) is 0 Å². The third-order valence-corrected chi connectivity index (χ3v) is 4.53. The summed E-state index contributed by atoms with van der Waals surface area (Å²) in [5.74, 6) is 1.18. The predicted molar refractivity (Wildman–Crippen MR) is 85.8 cm³/mol. The van der Waals surface area contributed by atoms with E-state index in [1.165, 1.54) is 0 Å². The molecule has 0 aromatic carbocycles. The van der Waals surface area contributed by atoms with Gasteiger partial charge in [0.2, 0.25) is 0 Å². The Bertz CT molecular complexity index is 633. The molecule has 102 valence electrons. The fraction of sp³-hybridized carbons (Fsp3) is 0.462. The Morgan fingerprint density at radius 1 is 1.42 bits per heavy atom. The van der Waals surface area contributed by atoms with Crippen molar-refractivity contribution in [3.63, 3.8) is 0 Å². The minimum absolute atomic E-state index is 0.0480. The van der Waals surface area contributed by atoms with Crippen LogP contribution in [0.5, 0.6) is 0 Å². The van der Waals surface area contributed by atoms with E-state index in [1.807, 2.05) is 12.3 Å². The van der Waals surface area contributed by atoms with E-state index in [4.69, 9.17) is 0 Å². The Morgan fingerprint density at radius 2 is 2.16 bits per heavy atom. The van der Waals surface area contributed by atoms with Crippen molar-refractivity contribution < 1.29 is 0 Å². The first kappa shape index (κ1) is 14.6. The highest BCUT2D eigenvalue weighted by molar-refractivity contribution is 14.1. The van der Waals surface area contributed by atoms with Crippen molar-refractivity contribution in [3.05, 3.63) is 41.5 Å². The number of H-pyrrole nitrogens is 1. The fourth-order valence-electron chi connectivity index (χ4n) is 1.82. The van der Waals surface area contributed by atoms with Crippen molar-refractivity contribution in [3.8, 4) is 0 Å². The lowest BCUT2D eigenvalue weighted by molar-refractivity contribution is 0.626. The maximum Gasteiger partial charge on any atom is 0.264 e. The van der Waals surface area contributed by atoms with Crippen molar-refractivity contribution in [1.29, 1.82) is 0 Å². The molecule has 2 rings (SSSR count). The van der Waals surface area contributed by atoms with E-state index >= 15 is 0 Å². The normalized spacial score (nSPS) is 11.2. The summed E-state index contributed by atoms with van der Waals surface area (Å²) in [6, 6.07) is 0. The predicted octanol–water partition coefficient (Wildman–Crippen LogP) is 2.93. The quantitative estimate of drug-likeness (QED) is 0.819. The number of hydrogen-bond donors (Lipinski definition) is 1. The van der Waals surface area contributed by atoms with Gasteiger partial charge < -0.3 is 4.98 Å². The largest absolute Gasteiger partial charge is 0.309 e. The van der Waals surface area contributed by atoms with Crippen LogP contribution in [-0.2, 0) is 12.8 Å². The van der Waals surface area contributed by atoms with Gasteiger partial charge in [0.15, 0.2) is 0 Å². The van der Waals surface area contributed by atoms with Crippen LogP contribution >= 0.6 is 33.9 Å². The van der Waals surface area contributed by atoms with Gasteiger partial charge in [-0.25, -0.2) is 9.97 Å². The highest BCUT2D eigenvalue weighted by Gasteiger charge is 2.11. The molecule has 0 aliphatic heterocycles. The van der Waals surface area contributed by atoms with Gasteiger partial charge in [0.25, 0.3) is 5.56 Å². The lowest BCUT2D eigenvalue weighted by atomic mass is 10.1. The lowest BCUT2D eigenvalue weighted by Crippen LogP contribution is -2.19. The molecule has 1 N–H and O–H groups in total. The van der Waals surface area contributed by atoms with Gasteiger partial charge in [0.1, 0.15) is 5.82 Å². The molecule has 0 aliphatic carbocycles. The summed E-state index contributed by atoms with van der Waals surface area (Å²) in [4.78, 5) is 23.7. The Morgan fingerprint density at radius 3 is 2.74 bits per heavy atom. The van der Waals surface area contributed by atoms with E-state index in [0.29, 0.717) is 21.7 Å². The summed E-state index contributed by atoms with van der Waals surface area (Å²) in [7, 11) is 0. The number of aromatic nitrogens is 3. The van der Waals surface area contributed by atoms with Crippen molar-refractivity contribution in [2.45, 2.75) is 33.6 Å². The van der Waals surface area contributed by atoms with Crippen LogP contribution in [-0.4, -0.2) is 15.0 Å². The van der Waals surface area contributed by atoms with Crippen LogP contribution in [0.3, 0.4) is 0 Å². The summed E-state index contributed by atoms with van der Waals surface area (Å²) < 4.78 is 0.699. The Kier molecular flexibility index (Phi) is 4.72. The average molecular weight is 389 g/mol. The number of aryl methyl sites for hydroxylation is 1. The Hall–Kier alpha value is -0.760. The molecule has 0 atom stereocenters. The minimum atomic E-state index is -0.0480. The highest BCUT2D eigenvalue weighted by atomic mass is 127. The molecule has 0 radical (unpaired) electrons. The maximum absolute atomic E-state index is 11.9. The molecule has 4 nitrogen and oxygen atoms in total. The van der Waals surface area contributed by atoms with Crippen molar-refractivity contribution >= 4 is 33.9 Å². The second-order valence-corrected chi connectivity index (χ2v) is 7.05. The Balaban J connectivity index is 2.31. The number of nitrogens with zero attached hydrogens (tertiary/aromatic N) is 2. The molecule has 0 spiro atoms. The third kappa shape index (κ3) is 3.85. The van der Waals surface area contributed by atoms with Crippen LogP contribution in [0.4, 0.5) is 0 Å². The SMILES string of the molecule is Cc1nc(Cc2nc(CC(C)C)c(I)c(=O)[nH]2)cs1. The number of halogens is 1. The topological polar surface area (TPSA) is 58.6 Å². The molecule has 0 fully saturated rings. The first-order valence-electron chi connectivity index (χ1n) is 6.14. The first-order valence-corrected chi connectivity index (χ1v) is 8.10. The summed E-state index contributed by atoms with van der Waals surface area (Å²) in [6.07, 6.45) is 1.41. The second kappa shape index (κ2) is 6.13. The third-order valence-electron chi connectivity index (χ3n) is 2.60. The van der Waals surface area contributed by atoms with Gasteiger partial charge in [0.05, 0.1) is 20.0 Å². The molecule has 6 heteroatoms. The van der Waals surface area contributed by atoms with Gasteiger partial charge in [-0.1, -0.05) is 13.8 Å². The summed E-state index contributed by atoms with van der Waals surface area (Å²) in [6.45, 7) is 6.23. The summed E-state index contributed by atoms with van der Waals surface area (Å²) in [5.41, 5.74) is 1.80. The second-order valence-electron chi connectivity index (χ2n) is 4.91. The monoisotopic (exact) mass is 389 g/mol. The standard InChI is InChI=1S/C13H16IN3OS/c1-7(2)4-10-12(14)13(18)17-11(16-10)5-9-6-19-8(3)15-9/h6-7H,4-5H2,1-3H3,(H,16,17,18). The van der Waals surface area contributed by atoms with Crippen molar-refractivity contribution in [1.82, 2.24) is 15.0 Å². The number of nitrogens with one attached hydrogen (secondary N) is 1. The molecule has 0 aliphatic rings. The highest BCUT2D eigenvalue weighted by Crippen LogP contribution is 2.13. The van der Waals surface area contributed by atoms with E-state index in [0.717, 1.165) is 22.8 Å². The molecular weight excluding hydrogens is 373 g/mol. The number of thiazole rings is 1. The first-order chi connectivity index (χ1) is 8.95. The summed E-state index contributed by atoms with van der Waals surface area (Å²) >= 11 is 3.68. The van der Waals surface area contributed by atoms with Gasteiger partial charge in [-0.05, 0) is 41.9 Å².